The second kappa shape index (κ2) is 5.96. The number of nitrogens with zero attached hydrogens (tertiary/aromatic N) is 3. The Bertz CT molecular complexity index is 549. The highest BCUT2D eigenvalue weighted by Gasteiger charge is 2.45. The van der Waals surface area contributed by atoms with Crippen LogP contribution in [0.4, 0.5) is 0 Å². The summed E-state index contributed by atoms with van der Waals surface area (Å²) < 4.78 is 18.7. The fourth-order valence-corrected chi connectivity index (χ4v) is 3.34. The number of rotatable bonds is 4. The zero-order valence-electron chi connectivity index (χ0n) is 13.4. The number of aryl methyl sites for hydroxylation is 1. The van der Waals surface area contributed by atoms with E-state index < -0.39 is 5.60 Å². The molecule has 7 heteroatoms. The van der Waals surface area contributed by atoms with Gasteiger partial charge in [-0.25, -0.2) is 0 Å². The minimum absolute atomic E-state index is 0.0645. The van der Waals surface area contributed by atoms with Crippen molar-refractivity contribution in [2.24, 2.45) is 5.92 Å². The summed E-state index contributed by atoms with van der Waals surface area (Å²) in [7, 11) is 1.43. The third-order valence-electron chi connectivity index (χ3n) is 4.34. The minimum Gasteiger partial charge on any atom is -0.469 e. The van der Waals surface area contributed by atoms with E-state index in [2.05, 4.69) is 10.2 Å². The zero-order valence-corrected chi connectivity index (χ0v) is 13.4. The van der Waals surface area contributed by atoms with Crippen molar-refractivity contribution in [2.45, 2.75) is 51.4 Å². The predicted molar refractivity (Wildman–Crippen MR) is 77.2 cm³/mol. The maximum Gasteiger partial charge on any atom is 0.310 e. The summed E-state index contributed by atoms with van der Waals surface area (Å²) in [6.07, 6.45) is 2.30. The van der Waals surface area contributed by atoms with Crippen LogP contribution in [0, 0.1) is 5.92 Å². The van der Waals surface area contributed by atoms with Crippen molar-refractivity contribution in [3.8, 4) is 0 Å². The molecule has 1 fully saturated rings. The van der Waals surface area contributed by atoms with E-state index in [0.29, 0.717) is 19.8 Å². The molecule has 2 aliphatic rings. The maximum absolute atomic E-state index is 11.9. The average Bonchev–Trinajstić information content (AvgIpc) is 3.12. The smallest absolute Gasteiger partial charge is 0.310 e. The lowest BCUT2D eigenvalue weighted by atomic mass is 9.97. The number of fused-ring (bicyclic) bond motifs is 1. The summed E-state index contributed by atoms with van der Waals surface area (Å²) in [6, 6.07) is 0. The van der Waals surface area contributed by atoms with Crippen LogP contribution in [0.1, 0.15) is 38.3 Å². The summed E-state index contributed by atoms with van der Waals surface area (Å²) in [4.78, 5) is 11.9. The lowest BCUT2D eigenvalue weighted by molar-refractivity contribution is -0.146. The second-order valence-corrected chi connectivity index (χ2v) is 6.27. The quantitative estimate of drug-likeness (QED) is 0.774. The number of hydrogen-bond donors (Lipinski definition) is 0. The van der Waals surface area contributed by atoms with E-state index in [0.717, 1.165) is 30.9 Å². The first-order valence-corrected chi connectivity index (χ1v) is 7.81. The molecule has 0 aromatic carbocycles. The number of esters is 1. The van der Waals surface area contributed by atoms with Gasteiger partial charge in [-0.05, 0) is 20.3 Å². The summed E-state index contributed by atoms with van der Waals surface area (Å²) >= 11 is 0. The van der Waals surface area contributed by atoms with Crippen molar-refractivity contribution in [3.63, 3.8) is 0 Å². The van der Waals surface area contributed by atoms with Crippen LogP contribution in [0.5, 0.6) is 0 Å². The molecule has 7 nitrogen and oxygen atoms in total. The molecule has 0 spiro atoms. The molecule has 0 radical (unpaired) electrons. The molecule has 0 saturated carbocycles. The average molecular weight is 309 g/mol. The first-order chi connectivity index (χ1) is 10.6. The number of carbonyl (C=O) groups is 1. The third kappa shape index (κ3) is 2.63. The van der Waals surface area contributed by atoms with Gasteiger partial charge in [0.05, 0.1) is 32.3 Å². The van der Waals surface area contributed by atoms with Crippen LogP contribution < -0.4 is 0 Å². The highest BCUT2D eigenvalue weighted by atomic mass is 16.6. The van der Waals surface area contributed by atoms with E-state index in [1.165, 1.54) is 7.11 Å². The van der Waals surface area contributed by atoms with Crippen LogP contribution in [0.15, 0.2) is 0 Å². The number of hydrogen-bond acceptors (Lipinski definition) is 6. The van der Waals surface area contributed by atoms with Crippen molar-refractivity contribution >= 4 is 5.97 Å². The lowest BCUT2D eigenvalue weighted by Crippen LogP contribution is -2.38. The first kappa shape index (κ1) is 15.4. The summed E-state index contributed by atoms with van der Waals surface area (Å²) in [6.45, 7) is 5.69. The Labute approximate surface area is 129 Å². The van der Waals surface area contributed by atoms with Crippen molar-refractivity contribution < 1.29 is 19.0 Å². The van der Waals surface area contributed by atoms with E-state index in [1.54, 1.807) is 0 Å². The molecular weight excluding hydrogens is 286 g/mol. The number of methoxy groups -OCH3 is 1. The summed E-state index contributed by atoms with van der Waals surface area (Å²) in [5, 5.41) is 8.68. The monoisotopic (exact) mass is 309 g/mol. The number of ether oxygens (including phenoxy) is 3. The Morgan fingerprint density at radius 2 is 2.27 bits per heavy atom. The van der Waals surface area contributed by atoms with Gasteiger partial charge in [0.25, 0.3) is 0 Å². The topological polar surface area (TPSA) is 75.5 Å². The largest absolute Gasteiger partial charge is 0.469 e. The fourth-order valence-electron chi connectivity index (χ4n) is 3.34. The van der Waals surface area contributed by atoms with Crippen LogP contribution in [0.2, 0.25) is 0 Å². The maximum atomic E-state index is 11.9. The van der Waals surface area contributed by atoms with E-state index in [1.807, 2.05) is 18.4 Å². The van der Waals surface area contributed by atoms with E-state index in [4.69, 9.17) is 14.2 Å². The van der Waals surface area contributed by atoms with Gasteiger partial charge in [-0.2, -0.15) is 0 Å². The molecule has 3 rings (SSSR count). The highest BCUT2D eigenvalue weighted by Crippen LogP contribution is 2.36. The predicted octanol–water partition coefficient (Wildman–Crippen LogP) is 1.05. The van der Waals surface area contributed by atoms with Crippen LogP contribution in [0.25, 0.3) is 0 Å². The molecule has 122 valence electrons. The van der Waals surface area contributed by atoms with Crippen molar-refractivity contribution in [2.75, 3.05) is 20.3 Å². The lowest BCUT2D eigenvalue weighted by Gasteiger charge is -2.31. The molecule has 1 saturated heterocycles. The Kier molecular flexibility index (Phi) is 4.18. The zero-order chi connectivity index (χ0) is 15.7. The van der Waals surface area contributed by atoms with E-state index in [9.17, 15) is 4.79 Å². The highest BCUT2D eigenvalue weighted by molar-refractivity contribution is 5.72. The van der Waals surface area contributed by atoms with Crippen molar-refractivity contribution in [3.05, 3.63) is 11.6 Å². The van der Waals surface area contributed by atoms with E-state index in [-0.39, 0.29) is 18.0 Å². The van der Waals surface area contributed by atoms with Gasteiger partial charge in [0, 0.05) is 19.4 Å². The molecule has 1 aromatic rings. The van der Waals surface area contributed by atoms with Crippen LogP contribution in [0.3, 0.4) is 0 Å². The molecule has 0 bridgehead atoms. The molecule has 22 heavy (non-hydrogen) atoms. The second-order valence-electron chi connectivity index (χ2n) is 6.27. The van der Waals surface area contributed by atoms with Crippen LogP contribution in [-0.2, 0) is 37.6 Å². The molecule has 0 aliphatic carbocycles. The van der Waals surface area contributed by atoms with Gasteiger partial charge in [0.15, 0.2) is 11.4 Å². The standard InChI is InChI=1S/C15H23N3O4/c1-10(2)22-15(6-7-21-9-15)14-17-16-12-5-4-11(8-18(12)14)13(19)20-3/h10-11H,4-9H2,1-3H3. The number of aromatic nitrogens is 3. The Morgan fingerprint density at radius 1 is 1.45 bits per heavy atom. The molecule has 2 atom stereocenters. The fraction of sp³-hybridized carbons (Fsp3) is 0.800. The molecule has 2 unspecified atom stereocenters. The molecule has 1 aromatic heterocycles. The van der Waals surface area contributed by atoms with Gasteiger partial charge in [-0.1, -0.05) is 0 Å². The normalized spacial score (nSPS) is 27.9. The molecule has 2 aliphatic heterocycles. The van der Waals surface area contributed by atoms with Crippen LogP contribution >= 0.6 is 0 Å². The van der Waals surface area contributed by atoms with Gasteiger partial charge >= 0.3 is 5.97 Å². The first-order valence-electron chi connectivity index (χ1n) is 7.81. The third-order valence-corrected chi connectivity index (χ3v) is 4.34. The number of carbonyl (C=O) groups excluding carboxylic acids is 1. The molecule has 0 N–H and O–H groups in total. The van der Waals surface area contributed by atoms with E-state index >= 15 is 0 Å². The van der Waals surface area contributed by atoms with Gasteiger partial charge in [0.2, 0.25) is 0 Å². The Hall–Kier alpha value is -1.47. The minimum atomic E-state index is -0.558. The van der Waals surface area contributed by atoms with Gasteiger partial charge < -0.3 is 18.8 Å². The van der Waals surface area contributed by atoms with Gasteiger partial charge in [0.1, 0.15) is 5.82 Å². The van der Waals surface area contributed by atoms with Crippen molar-refractivity contribution in [1.82, 2.24) is 14.8 Å². The molecule has 3 heterocycles. The molecular formula is C15H23N3O4. The summed E-state index contributed by atoms with van der Waals surface area (Å²) in [5.41, 5.74) is -0.558. The summed E-state index contributed by atoms with van der Waals surface area (Å²) in [5.74, 6) is 1.37. The molecule has 0 amide bonds. The van der Waals surface area contributed by atoms with Gasteiger partial charge in [-0.3, -0.25) is 4.79 Å². The Morgan fingerprint density at radius 3 is 2.91 bits per heavy atom. The Balaban J connectivity index is 1.92. The SMILES string of the molecule is COC(=O)C1CCc2nnc(C3(OC(C)C)CCOC3)n2C1. The van der Waals surface area contributed by atoms with Crippen molar-refractivity contribution in [1.29, 1.82) is 0 Å². The van der Waals surface area contributed by atoms with Gasteiger partial charge in [-0.15, -0.1) is 10.2 Å². The van der Waals surface area contributed by atoms with Crippen LogP contribution in [-0.4, -0.2) is 47.2 Å².